The second-order valence-corrected chi connectivity index (χ2v) is 8.53. The van der Waals surface area contributed by atoms with Crippen LogP contribution in [0.4, 0.5) is 0 Å². The van der Waals surface area contributed by atoms with Crippen LogP contribution in [0.1, 0.15) is 51.9 Å². The standard InChI is InChI=1S/C21H38N6O2.HI/c1-17(20(29)26-10-6-7-11-26)25-12-14-27(15-13-25)21(22-2)23-16-19(28)24-18-8-4-3-5-9-18;/h17-18H,3-16H2,1-2H3,(H,22,23)(H,24,28);1H. The normalized spacial score (nSPS) is 22.4. The van der Waals surface area contributed by atoms with Crippen LogP contribution < -0.4 is 10.6 Å². The summed E-state index contributed by atoms with van der Waals surface area (Å²) in [5, 5.41) is 6.35. The average molecular weight is 534 g/mol. The monoisotopic (exact) mass is 534 g/mol. The van der Waals surface area contributed by atoms with Crippen LogP contribution in [0.3, 0.4) is 0 Å². The van der Waals surface area contributed by atoms with Gasteiger partial charge in [-0.3, -0.25) is 19.5 Å². The third kappa shape index (κ3) is 6.96. The summed E-state index contributed by atoms with van der Waals surface area (Å²) in [6.07, 6.45) is 8.15. The zero-order valence-corrected chi connectivity index (χ0v) is 20.9. The lowest BCUT2D eigenvalue weighted by atomic mass is 9.95. The van der Waals surface area contributed by atoms with Gasteiger partial charge in [0.15, 0.2) is 5.96 Å². The van der Waals surface area contributed by atoms with Crippen molar-refractivity contribution in [3.63, 3.8) is 0 Å². The van der Waals surface area contributed by atoms with E-state index >= 15 is 0 Å². The van der Waals surface area contributed by atoms with Crippen LogP contribution in [0.5, 0.6) is 0 Å². The molecule has 2 heterocycles. The summed E-state index contributed by atoms with van der Waals surface area (Å²) in [5.74, 6) is 1.07. The van der Waals surface area contributed by atoms with Crippen LogP contribution in [0, 0.1) is 0 Å². The van der Waals surface area contributed by atoms with Crippen LogP contribution in [0.25, 0.3) is 0 Å². The van der Waals surface area contributed by atoms with Gasteiger partial charge in [0.1, 0.15) is 0 Å². The zero-order valence-electron chi connectivity index (χ0n) is 18.6. The van der Waals surface area contributed by atoms with E-state index in [0.717, 1.165) is 70.9 Å². The molecule has 3 fully saturated rings. The number of halogens is 1. The quantitative estimate of drug-likeness (QED) is 0.316. The molecule has 0 bridgehead atoms. The first-order valence-electron chi connectivity index (χ1n) is 11.4. The number of piperazine rings is 1. The molecule has 30 heavy (non-hydrogen) atoms. The molecule has 1 aliphatic carbocycles. The fourth-order valence-corrected chi connectivity index (χ4v) is 4.70. The first-order chi connectivity index (χ1) is 14.1. The molecule has 2 saturated heterocycles. The number of amides is 2. The molecule has 3 aliphatic rings. The molecule has 2 aliphatic heterocycles. The van der Waals surface area contributed by atoms with E-state index in [1.54, 1.807) is 7.05 Å². The minimum atomic E-state index is -0.0634. The van der Waals surface area contributed by atoms with Crippen molar-refractivity contribution in [2.45, 2.75) is 64.0 Å². The largest absolute Gasteiger partial charge is 0.352 e. The molecule has 0 aromatic rings. The number of nitrogens with zero attached hydrogens (tertiary/aromatic N) is 4. The summed E-state index contributed by atoms with van der Waals surface area (Å²) in [7, 11) is 1.76. The molecule has 1 atom stereocenters. The predicted molar refractivity (Wildman–Crippen MR) is 130 cm³/mol. The maximum atomic E-state index is 12.6. The first-order valence-corrected chi connectivity index (χ1v) is 11.4. The van der Waals surface area contributed by atoms with Crippen LogP contribution >= 0.6 is 24.0 Å². The third-order valence-corrected chi connectivity index (χ3v) is 6.53. The Morgan fingerprint density at radius 1 is 0.933 bits per heavy atom. The van der Waals surface area contributed by atoms with Crippen molar-refractivity contribution in [1.82, 2.24) is 25.3 Å². The lowest BCUT2D eigenvalue weighted by Crippen LogP contribution is -2.57. The van der Waals surface area contributed by atoms with E-state index in [1.807, 2.05) is 11.8 Å². The number of nitrogens with one attached hydrogen (secondary N) is 2. The zero-order chi connectivity index (χ0) is 20.6. The highest BCUT2D eigenvalue weighted by Crippen LogP contribution is 2.17. The SMILES string of the molecule is CN=C(NCC(=O)NC1CCCCC1)N1CCN(C(C)C(=O)N2CCCC2)CC1.I. The third-order valence-electron chi connectivity index (χ3n) is 6.53. The lowest BCUT2D eigenvalue weighted by molar-refractivity contribution is -0.135. The molecule has 1 unspecified atom stereocenters. The lowest BCUT2D eigenvalue weighted by Gasteiger charge is -2.39. The van der Waals surface area contributed by atoms with Gasteiger partial charge in [-0.15, -0.1) is 24.0 Å². The van der Waals surface area contributed by atoms with E-state index < -0.39 is 0 Å². The minimum Gasteiger partial charge on any atom is -0.352 e. The van der Waals surface area contributed by atoms with Gasteiger partial charge in [0.2, 0.25) is 11.8 Å². The molecule has 8 nitrogen and oxygen atoms in total. The fraction of sp³-hybridized carbons (Fsp3) is 0.857. The molecule has 9 heteroatoms. The Morgan fingerprint density at radius 2 is 1.57 bits per heavy atom. The average Bonchev–Trinajstić information content (AvgIpc) is 3.29. The second-order valence-electron chi connectivity index (χ2n) is 8.53. The number of likely N-dealkylation sites (tertiary alicyclic amines) is 1. The van der Waals surface area contributed by atoms with Crippen LogP contribution in [-0.2, 0) is 9.59 Å². The van der Waals surface area contributed by atoms with E-state index in [2.05, 4.69) is 25.4 Å². The number of hydrogen-bond donors (Lipinski definition) is 2. The Hall–Kier alpha value is -1.10. The summed E-state index contributed by atoms with van der Waals surface area (Å²) in [4.78, 5) is 35.7. The van der Waals surface area contributed by atoms with Crippen LogP contribution in [-0.4, -0.2) is 97.4 Å². The van der Waals surface area contributed by atoms with Crippen molar-refractivity contribution >= 4 is 41.8 Å². The van der Waals surface area contributed by atoms with Gasteiger partial charge >= 0.3 is 0 Å². The first kappa shape index (κ1) is 25.2. The predicted octanol–water partition coefficient (Wildman–Crippen LogP) is 1.26. The maximum absolute atomic E-state index is 12.6. The summed E-state index contributed by atoms with van der Waals surface area (Å²) in [6, 6.07) is 0.268. The van der Waals surface area contributed by atoms with Gasteiger partial charge < -0.3 is 20.4 Å². The Bertz CT molecular complexity index is 582. The maximum Gasteiger partial charge on any atom is 0.239 e. The Labute approximate surface area is 198 Å². The van der Waals surface area contributed by atoms with Crippen molar-refractivity contribution in [3.05, 3.63) is 0 Å². The molecule has 3 rings (SSSR count). The molecule has 0 spiro atoms. The summed E-state index contributed by atoms with van der Waals surface area (Å²) >= 11 is 0. The van der Waals surface area contributed by atoms with Crippen LogP contribution in [0.15, 0.2) is 4.99 Å². The number of carbonyl (C=O) groups is 2. The molecule has 172 valence electrons. The molecule has 0 aromatic carbocycles. The van der Waals surface area contributed by atoms with Gasteiger partial charge in [-0.2, -0.15) is 0 Å². The number of hydrogen-bond acceptors (Lipinski definition) is 4. The van der Waals surface area contributed by atoms with Gasteiger partial charge in [-0.1, -0.05) is 19.3 Å². The van der Waals surface area contributed by atoms with E-state index in [-0.39, 0.29) is 48.4 Å². The van der Waals surface area contributed by atoms with E-state index in [4.69, 9.17) is 0 Å². The number of carbonyl (C=O) groups excluding carboxylic acids is 2. The van der Waals surface area contributed by atoms with Crippen molar-refractivity contribution in [3.8, 4) is 0 Å². The van der Waals surface area contributed by atoms with Gasteiger partial charge in [0, 0.05) is 52.4 Å². The van der Waals surface area contributed by atoms with Crippen molar-refractivity contribution in [2.75, 3.05) is 52.9 Å². The topological polar surface area (TPSA) is 80.3 Å². The molecule has 0 aromatic heterocycles. The highest BCUT2D eigenvalue weighted by atomic mass is 127. The van der Waals surface area contributed by atoms with Gasteiger partial charge in [0.05, 0.1) is 12.6 Å². The minimum absolute atomic E-state index is 0. The van der Waals surface area contributed by atoms with Crippen molar-refractivity contribution in [1.29, 1.82) is 0 Å². The summed E-state index contributed by atoms with van der Waals surface area (Å²) < 4.78 is 0. The van der Waals surface area contributed by atoms with Crippen molar-refractivity contribution < 1.29 is 9.59 Å². The summed E-state index contributed by atoms with van der Waals surface area (Å²) in [5.41, 5.74) is 0. The van der Waals surface area contributed by atoms with Crippen molar-refractivity contribution in [2.24, 2.45) is 4.99 Å². The van der Waals surface area contributed by atoms with Gasteiger partial charge in [-0.05, 0) is 32.6 Å². The van der Waals surface area contributed by atoms with Gasteiger partial charge in [0.25, 0.3) is 0 Å². The fourth-order valence-electron chi connectivity index (χ4n) is 4.70. The van der Waals surface area contributed by atoms with E-state index in [1.165, 1.54) is 19.3 Å². The second kappa shape index (κ2) is 12.7. The Morgan fingerprint density at radius 3 is 2.17 bits per heavy atom. The smallest absolute Gasteiger partial charge is 0.239 e. The molecule has 2 amide bonds. The molecule has 2 N–H and O–H groups in total. The Balaban J connectivity index is 0.00000320. The van der Waals surface area contributed by atoms with Crippen LogP contribution in [0.2, 0.25) is 0 Å². The highest BCUT2D eigenvalue weighted by Gasteiger charge is 2.30. The molecule has 0 radical (unpaired) electrons. The Kier molecular flexibility index (Phi) is 10.6. The molecule has 1 saturated carbocycles. The number of rotatable bonds is 5. The van der Waals surface area contributed by atoms with E-state index in [9.17, 15) is 9.59 Å². The number of guanidine groups is 1. The van der Waals surface area contributed by atoms with E-state index in [0.29, 0.717) is 6.04 Å². The van der Waals surface area contributed by atoms with Gasteiger partial charge in [-0.25, -0.2) is 0 Å². The number of aliphatic imine (C=N–C) groups is 1. The molecular formula is C21H39IN6O2. The highest BCUT2D eigenvalue weighted by molar-refractivity contribution is 14.0. The summed E-state index contributed by atoms with van der Waals surface area (Å²) in [6.45, 7) is 7.37. The molecular weight excluding hydrogens is 495 g/mol.